The molecule has 1 aromatic heterocycles. The summed E-state index contributed by atoms with van der Waals surface area (Å²) >= 11 is 0. The van der Waals surface area contributed by atoms with E-state index in [1.54, 1.807) is 18.3 Å². The monoisotopic (exact) mass is 238 g/mol. The van der Waals surface area contributed by atoms with Crippen LogP contribution in [0.2, 0.25) is 0 Å². The number of hydrogen-bond acceptors (Lipinski definition) is 4. The van der Waals surface area contributed by atoms with Crippen molar-refractivity contribution in [3.8, 4) is 5.75 Å². The third kappa shape index (κ3) is 4.96. The standard InChI is InChI=1S/C11H14N2O4/c1-13(6-4-11(15)16)10(14)8-17-9-3-2-5-12-7-9/h2-3,5,7H,4,6,8H2,1H3,(H,15,16). The molecule has 1 rings (SSSR count). The summed E-state index contributed by atoms with van der Waals surface area (Å²) in [4.78, 5) is 27.0. The molecule has 1 heterocycles. The lowest BCUT2D eigenvalue weighted by atomic mass is 10.4. The van der Waals surface area contributed by atoms with Crippen molar-refractivity contribution >= 4 is 11.9 Å². The average Bonchev–Trinajstić information content (AvgIpc) is 2.34. The Bertz CT molecular complexity index is 380. The Morgan fingerprint density at radius 1 is 1.53 bits per heavy atom. The van der Waals surface area contributed by atoms with Gasteiger partial charge >= 0.3 is 5.97 Å². The Kier molecular flexibility index (Phi) is 4.93. The van der Waals surface area contributed by atoms with Gasteiger partial charge in [0, 0.05) is 19.8 Å². The lowest BCUT2D eigenvalue weighted by molar-refractivity contribution is -0.138. The molecule has 0 aliphatic heterocycles. The van der Waals surface area contributed by atoms with Gasteiger partial charge in [-0.2, -0.15) is 0 Å². The molecule has 17 heavy (non-hydrogen) atoms. The molecular formula is C11H14N2O4. The molecule has 0 saturated heterocycles. The molecule has 0 bridgehead atoms. The number of likely N-dealkylation sites (N-methyl/N-ethyl adjacent to an activating group) is 1. The molecule has 0 radical (unpaired) electrons. The van der Waals surface area contributed by atoms with Gasteiger partial charge in [0.05, 0.1) is 12.6 Å². The van der Waals surface area contributed by atoms with Crippen LogP contribution in [0, 0.1) is 0 Å². The first-order valence-electron chi connectivity index (χ1n) is 5.08. The largest absolute Gasteiger partial charge is 0.482 e. The number of carboxylic acids is 1. The second kappa shape index (κ2) is 6.47. The molecule has 0 atom stereocenters. The topological polar surface area (TPSA) is 79.7 Å². The fourth-order valence-corrected chi connectivity index (χ4v) is 1.08. The maximum absolute atomic E-state index is 11.5. The first-order chi connectivity index (χ1) is 8.09. The van der Waals surface area contributed by atoms with E-state index in [1.165, 1.54) is 18.1 Å². The first-order valence-corrected chi connectivity index (χ1v) is 5.08. The summed E-state index contributed by atoms with van der Waals surface area (Å²) in [7, 11) is 1.54. The Morgan fingerprint density at radius 2 is 2.29 bits per heavy atom. The molecule has 1 amide bonds. The second-order valence-corrected chi connectivity index (χ2v) is 3.44. The lowest BCUT2D eigenvalue weighted by Crippen LogP contribution is -2.33. The molecule has 1 N–H and O–H groups in total. The van der Waals surface area contributed by atoms with Crippen LogP contribution in [0.4, 0.5) is 0 Å². The Balaban J connectivity index is 2.32. The number of aromatic nitrogens is 1. The summed E-state index contributed by atoms with van der Waals surface area (Å²) < 4.78 is 5.19. The third-order valence-electron chi connectivity index (χ3n) is 2.08. The number of aliphatic carboxylic acids is 1. The summed E-state index contributed by atoms with van der Waals surface area (Å²) in [5, 5.41) is 8.47. The van der Waals surface area contributed by atoms with Gasteiger partial charge in [0.1, 0.15) is 5.75 Å². The third-order valence-corrected chi connectivity index (χ3v) is 2.08. The van der Waals surface area contributed by atoms with Gasteiger partial charge in [-0.15, -0.1) is 0 Å². The summed E-state index contributed by atoms with van der Waals surface area (Å²) in [6, 6.07) is 3.39. The molecule has 1 aromatic rings. The minimum atomic E-state index is -0.933. The van der Waals surface area contributed by atoms with Crippen LogP contribution in [0.3, 0.4) is 0 Å². The highest BCUT2D eigenvalue weighted by molar-refractivity contribution is 5.78. The van der Waals surface area contributed by atoms with Crippen LogP contribution in [0.1, 0.15) is 6.42 Å². The number of amides is 1. The molecule has 0 spiro atoms. The van der Waals surface area contributed by atoms with Crippen LogP contribution in [0.25, 0.3) is 0 Å². The lowest BCUT2D eigenvalue weighted by Gasteiger charge is -2.16. The number of ether oxygens (including phenoxy) is 1. The molecule has 0 aliphatic rings. The predicted molar refractivity (Wildman–Crippen MR) is 59.6 cm³/mol. The van der Waals surface area contributed by atoms with E-state index in [9.17, 15) is 9.59 Å². The molecule has 6 nitrogen and oxygen atoms in total. The van der Waals surface area contributed by atoms with Gasteiger partial charge in [0.25, 0.3) is 5.91 Å². The normalized spacial score (nSPS) is 9.71. The predicted octanol–water partition coefficient (Wildman–Crippen LogP) is 0.393. The van der Waals surface area contributed by atoms with Gasteiger partial charge < -0.3 is 14.7 Å². The van der Waals surface area contributed by atoms with E-state index in [-0.39, 0.29) is 25.5 Å². The SMILES string of the molecule is CN(CCC(=O)O)C(=O)COc1cccnc1. The molecule has 0 fully saturated rings. The van der Waals surface area contributed by atoms with Crippen molar-refractivity contribution < 1.29 is 19.4 Å². The van der Waals surface area contributed by atoms with Crippen LogP contribution in [-0.2, 0) is 9.59 Å². The van der Waals surface area contributed by atoms with Gasteiger partial charge in [-0.25, -0.2) is 0 Å². The molecule has 0 aromatic carbocycles. The van der Waals surface area contributed by atoms with Crippen molar-refractivity contribution in [2.75, 3.05) is 20.2 Å². The maximum atomic E-state index is 11.5. The van der Waals surface area contributed by atoms with Gasteiger partial charge in [0.2, 0.25) is 0 Å². The van der Waals surface area contributed by atoms with Crippen LogP contribution >= 0.6 is 0 Å². The summed E-state index contributed by atoms with van der Waals surface area (Å²) in [6.07, 6.45) is 3.04. The van der Waals surface area contributed by atoms with E-state index < -0.39 is 5.97 Å². The van der Waals surface area contributed by atoms with Crippen molar-refractivity contribution in [1.29, 1.82) is 0 Å². The minimum Gasteiger partial charge on any atom is -0.482 e. The van der Waals surface area contributed by atoms with Crippen molar-refractivity contribution in [3.63, 3.8) is 0 Å². The Labute approximate surface area is 98.8 Å². The second-order valence-electron chi connectivity index (χ2n) is 3.44. The van der Waals surface area contributed by atoms with Crippen molar-refractivity contribution in [2.24, 2.45) is 0 Å². The number of rotatable bonds is 6. The number of pyridine rings is 1. The highest BCUT2D eigenvalue weighted by Gasteiger charge is 2.10. The Morgan fingerprint density at radius 3 is 2.88 bits per heavy atom. The van der Waals surface area contributed by atoms with Crippen molar-refractivity contribution in [2.45, 2.75) is 6.42 Å². The summed E-state index contributed by atoms with van der Waals surface area (Å²) in [6.45, 7) is 0.0480. The van der Waals surface area contributed by atoms with Crippen LogP contribution in [0.5, 0.6) is 5.75 Å². The minimum absolute atomic E-state index is 0.0743. The maximum Gasteiger partial charge on any atom is 0.305 e. The molecule has 0 aliphatic carbocycles. The van der Waals surface area contributed by atoms with Crippen LogP contribution in [0.15, 0.2) is 24.5 Å². The van der Waals surface area contributed by atoms with Crippen molar-refractivity contribution in [3.05, 3.63) is 24.5 Å². The molecule has 6 heteroatoms. The average molecular weight is 238 g/mol. The smallest absolute Gasteiger partial charge is 0.305 e. The van der Waals surface area contributed by atoms with E-state index in [2.05, 4.69) is 4.98 Å². The zero-order valence-electron chi connectivity index (χ0n) is 9.50. The zero-order valence-corrected chi connectivity index (χ0v) is 9.50. The number of carbonyl (C=O) groups excluding carboxylic acids is 1. The van der Waals surface area contributed by atoms with Crippen LogP contribution in [-0.4, -0.2) is 47.1 Å². The molecule has 92 valence electrons. The van der Waals surface area contributed by atoms with E-state index >= 15 is 0 Å². The number of nitrogens with zero attached hydrogens (tertiary/aromatic N) is 2. The van der Waals surface area contributed by atoms with Gasteiger partial charge in [-0.1, -0.05) is 0 Å². The number of carboxylic acid groups (broad SMARTS) is 1. The fourth-order valence-electron chi connectivity index (χ4n) is 1.08. The molecular weight excluding hydrogens is 224 g/mol. The highest BCUT2D eigenvalue weighted by Crippen LogP contribution is 2.05. The number of hydrogen-bond donors (Lipinski definition) is 1. The summed E-state index contributed by atoms with van der Waals surface area (Å²) in [5.74, 6) is -0.694. The number of carbonyl (C=O) groups is 2. The van der Waals surface area contributed by atoms with Gasteiger partial charge in [-0.05, 0) is 12.1 Å². The quantitative estimate of drug-likeness (QED) is 0.775. The fraction of sp³-hybridized carbons (Fsp3) is 0.364. The van der Waals surface area contributed by atoms with E-state index in [4.69, 9.17) is 9.84 Å². The highest BCUT2D eigenvalue weighted by atomic mass is 16.5. The Hall–Kier alpha value is -2.11. The first kappa shape index (κ1) is 13.0. The van der Waals surface area contributed by atoms with E-state index in [0.29, 0.717) is 5.75 Å². The molecule has 0 unspecified atom stereocenters. The van der Waals surface area contributed by atoms with Gasteiger partial charge in [-0.3, -0.25) is 14.6 Å². The van der Waals surface area contributed by atoms with Crippen LogP contribution < -0.4 is 4.74 Å². The van der Waals surface area contributed by atoms with E-state index in [1.807, 2.05) is 0 Å². The van der Waals surface area contributed by atoms with Crippen molar-refractivity contribution in [1.82, 2.24) is 9.88 Å². The van der Waals surface area contributed by atoms with Gasteiger partial charge in [0.15, 0.2) is 6.61 Å². The van der Waals surface area contributed by atoms with E-state index in [0.717, 1.165) is 0 Å². The summed E-state index contributed by atoms with van der Waals surface area (Å²) in [5.41, 5.74) is 0. The zero-order chi connectivity index (χ0) is 12.7. The molecule has 0 saturated carbocycles.